The Bertz CT molecular complexity index is 1170. The Morgan fingerprint density at radius 2 is 2.11 bits per heavy atom. The second-order valence-corrected chi connectivity index (χ2v) is 10.3. The van der Waals surface area contributed by atoms with Crippen LogP contribution >= 0.6 is 23.4 Å². The third-order valence-corrected chi connectivity index (χ3v) is 7.21. The van der Waals surface area contributed by atoms with E-state index in [2.05, 4.69) is 36.2 Å². The van der Waals surface area contributed by atoms with Crippen molar-refractivity contribution in [2.45, 2.75) is 31.2 Å². The molecule has 3 heterocycles. The number of carbonyl (C=O) groups is 1. The smallest absolute Gasteiger partial charge is 0.272 e. The van der Waals surface area contributed by atoms with Crippen molar-refractivity contribution >= 4 is 35.2 Å². The molecule has 1 saturated heterocycles. The summed E-state index contributed by atoms with van der Waals surface area (Å²) in [4.78, 5) is 26.7. The second kappa shape index (κ2) is 13.7. The molecule has 1 atom stereocenters. The van der Waals surface area contributed by atoms with Gasteiger partial charge >= 0.3 is 0 Å². The Balaban J connectivity index is 1.45. The number of carbonyl (C=O) groups excluding carboxylic acids is 1. The van der Waals surface area contributed by atoms with Crippen molar-refractivity contribution in [3.63, 3.8) is 0 Å². The highest BCUT2D eigenvalue weighted by atomic mass is 35.5. The van der Waals surface area contributed by atoms with Gasteiger partial charge in [-0.15, -0.1) is 11.8 Å². The van der Waals surface area contributed by atoms with Gasteiger partial charge < -0.3 is 26.0 Å². The van der Waals surface area contributed by atoms with E-state index in [1.807, 2.05) is 38.2 Å². The number of rotatable bonds is 12. The van der Waals surface area contributed by atoms with E-state index in [-0.39, 0.29) is 17.3 Å². The Hall–Kier alpha value is -2.70. The van der Waals surface area contributed by atoms with Crippen LogP contribution in [0, 0.1) is 6.92 Å². The number of halogens is 1. The number of hydrogen-bond acceptors (Lipinski definition) is 9. The molecule has 0 saturated carbocycles. The SMILES string of the molecule is CNCCNCS[C@@H](NC(=O)c1cn(-c2nc(NC3CCOCC3)ncc2C)cn1)c1cccc(Cl)c1. The van der Waals surface area contributed by atoms with Crippen LogP contribution in [0.15, 0.2) is 43.0 Å². The molecule has 1 fully saturated rings. The third kappa shape index (κ3) is 7.89. The molecule has 10 nitrogen and oxygen atoms in total. The van der Waals surface area contributed by atoms with Gasteiger partial charge in [-0.3, -0.25) is 9.36 Å². The standard InChI is InChI=1S/C25H33ClN8O2S/c1-17-13-29-25(31-20-6-10-36-11-7-20)32-22(17)34-14-21(30-15-34)23(35)33-24(37-16-28-9-8-27-2)18-4-3-5-19(26)12-18/h3-5,12-15,20,24,27-28H,6-11,16H2,1-2H3,(H,33,35)(H,29,31,32)/t24-/m1/s1. The van der Waals surface area contributed by atoms with Crippen LogP contribution in [0.5, 0.6) is 0 Å². The summed E-state index contributed by atoms with van der Waals surface area (Å²) in [6.07, 6.45) is 6.89. The number of hydrogen-bond donors (Lipinski definition) is 4. The quantitative estimate of drug-likeness (QED) is 0.201. The molecule has 0 aliphatic carbocycles. The number of amides is 1. The summed E-state index contributed by atoms with van der Waals surface area (Å²) in [5.41, 5.74) is 2.09. The van der Waals surface area contributed by atoms with Gasteiger partial charge in [0.25, 0.3) is 5.91 Å². The molecular weight excluding hydrogens is 512 g/mol. The van der Waals surface area contributed by atoms with Gasteiger partial charge in [0.1, 0.15) is 23.2 Å². The fourth-order valence-corrected chi connectivity index (χ4v) is 5.01. The van der Waals surface area contributed by atoms with Gasteiger partial charge in [0.2, 0.25) is 5.95 Å². The first-order valence-corrected chi connectivity index (χ1v) is 13.7. The van der Waals surface area contributed by atoms with Crippen LogP contribution in [0.4, 0.5) is 5.95 Å². The minimum absolute atomic E-state index is 0.279. The van der Waals surface area contributed by atoms with Gasteiger partial charge in [0.05, 0.1) is 0 Å². The summed E-state index contributed by atoms with van der Waals surface area (Å²) in [5, 5.41) is 13.3. The molecule has 1 aromatic carbocycles. The molecule has 2 aromatic heterocycles. The van der Waals surface area contributed by atoms with E-state index in [0.29, 0.717) is 28.4 Å². The van der Waals surface area contributed by atoms with Crippen molar-refractivity contribution in [3.05, 3.63) is 64.8 Å². The summed E-state index contributed by atoms with van der Waals surface area (Å²) >= 11 is 7.80. The lowest BCUT2D eigenvalue weighted by Crippen LogP contribution is -2.30. The highest BCUT2D eigenvalue weighted by Crippen LogP contribution is 2.28. The van der Waals surface area contributed by atoms with Crippen molar-refractivity contribution in [2.24, 2.45) is 0 Å². The van der Waals surface area contributed by atoms with Gasteiger partial charge in [-0.1, -0.05) is 23.7 Å². The predicted octanol–water partition coefficient (Wildman–Crippen LogP) is 3.14. The summed E-state index contributed by atoms with van der Waals surface area (Å²) in [7, 11) is 1.91. The molecule has 0 spiro atoms. The van der Waals surface area contributed by atoms with Crippen LogP contribution in [0.25, 0.3) is 5.82 Å². The van der Waals surface area contributed by atoms with Crippen LogP contribution in [0.3, 0.4) is 0 Å². The number of aryl methyl sites for hydroxylation is 1. The van der Waals surface area contributed by atoms with Crippen LogP contribution in [0.2, 0.25) is 5.02 Å². The molecule has 0 bridgehead atoms. The summed E-state index contributed by atoms with van der Waals surface area (Å²) in [5.74, 6) is 1.61. The maximum Gasteiger partial charge on any atom is 0.272 e. The Morgan fingerprint density at radius 3 is 2.89 bits per heavy atom. The monoisotopic (exact) mass is 544 g/mol. The predicted molar refractivity (Wildman–Crippen MR) is 147 cm³/mol. The molecule has 37 heavy (non-hydrogen) atoms. The van der Waals surface area contributed by atoms with E-state index in [4.69, 9.17) is 16.3 Å². The van der Waals surface area contributed by atoms with Gasteiger partial charge in [0, 0.05) is 61.2 Å². The molecule has 4 N–H and O–H groups in total. The Morgan fingerprint density at radius 1 is 1.27 bits per heavy atom. The van der Waals surface area contributed by atoms with Crippen molar-refractivity contribution < 1.29 is 9.53 Å². The zero-order chi connectivity index (χ0) is 26.0. The molecule has 12 heteroatoms. The van der Waals surface area contributed by atoms with Crippen LogP contribution in [0.1, 0.15) is 39.8 Å². The van der Waals surface area contributed by atoms with Crippen molar-refractivity contribution in [2.75, 3.05) is 44.5 Å². The largest absolute Gasteiger partial charge is 0.381 e. The van der Waals surface area contributed by atoms with E-state index in [9.17, 15) is 4.79 Å². The molecule has 4 rings (SSSR count). The molecule has 0 unspecified atom stereocenters. The number of ether oxygens (including phenoxy) is 1. The molecule has 1 aliphatic rings. The fourth-order valence-electron chi connectivity index (χ4n) is 3.86. The van der Waals surface area contributed by atoms with Gasteiger partial charge in [0.15, 0.2) is 0 Å². The minimum atomic E-state index is -0.297. The van der Waals surface area contributed by atoms with Crippen LogP contribution < -0.4 is 21.3 Å². The second-order valence-electron chi connectivity index (χ2n) is 8.72. The first-order chi connectivity index (χ1) is 18.0. The number of benzene rings is 1. The van der Waals surface area contributed by atoms with E-state index in [1.54, 1.807) is 35.0 Å². The Labute approximate surface area is 226 Å². The highest BCUT2D eigenvalue weighted by Gasteiger charge is 2.20. The molecular formula is C25H33ClN8O2S. The number of anilines is 1. The van der Waals surface area contributed by atoms with Crippen LogP contribution in [-0.4, -0.2) is 70.7 Å². The van der Waals surface area contributed by atoms with Gasteiger partial charge in [-0.2, -0.15) is 4.98 Å². The van der Waals surface area contributed by atoms with Gasteiger partial charge in [-0.25, -0.2) is 9.97 Å². The number of imidazole rings is 1. The molecule has 3 aromatic rings. The summed E-state index contributed by atoms with van der Waals surface area (Å²) in [6, 6.07) is 7.79. The topological polar surface area (TPSA) is 118 Å². The lowest BCUT2D eigenvalue weighted by atomic mass is 10.1. The zero-order valence-corrected chi connectivity index (χ0v) is 22.6. The highest BCUT2D eigenvalue weighted by molar-refractivity contribution is 7.99. The lowest BCUT2D eigenvalue weighted by Gasteiger charge is -2.23. The zero-order valence-electron chi connectivity index (χ0n) is 21.0. The summed E-state index contributed by atoms with van der Waals surface area (Å²) < 4.78 is 7.18. The van der Waals surface area contributed by atoms with Crippen molar-refractivity contribution in [1.82, 2.24) is 35.5 Å². The third-order valence-electron chi connectivity index (χ3n) is 5.88. The summed E-state index contributed by atoms with van der Waals surface area (Å²) in [6.45, 7) is 5.09. The average Bonchev–Trinajstić information content (AvgIpc) is 3.40. The van der Waals surface area contributed by atoms with Crippen LogP contribution in [-0.2, 0) is 4.74 Å². The number of likely N-dealkylation sites (N-methyl/N-ethyl adjacent to an activating group) is 1. The number of nitrogens with one attached hydrogen (secondary N) is 4. The van der Waals surface area contributed by atoms with E-state index < -0.39 is 0 Å². The lowest BCUT2D eigenvalue weighted by molar-refractivity contribution is 0.0903. The Kier molecular flexibility index (Phi) is 10.1. The number of aromatic nitrogens is 4. The maximum absolute atomic E-state index is 13.2. The normalized spacial score (nSPS) is 14.9. The molecule has 1 aliphatic heterocycles. The van der Waals surface area contributed by atoms with E-state index in [1.165, 1.54) is 0 Å². The van der Waals surface area contributed by atoms with E-state index >= 15 is 0 Å². The molecule has 0 radical (unpaired) electrons. The van der Waals surface area contributed by atoms with Crippen molar-refractivity contribution in [1.29, 1.82) is 0 Å². The van der Waals surface area contributed by atoms with E-state index in [0.717, 1.165) is 50.3 Å². The van der Waals surface area contributed by atoms with Crippen molar-refractivity contribution in [3.8, 4) is 5.82 Å². The van der Waals surface area contributed by atoms with Gasteiger partial charge in [-0.05, 0) is 44.5 Å². The minimum Gasteiger partial charge on any atom is -0.381 e. The first kappa shape index (κ1) is 27.3. The number of thioether (sulfide) groups is 1. The molecule has 1 amide bonds. The number of nitrogens with zero attached hydrogens (tertiary/aromatic N) is 4. The fraction of sp³-hybridized carbons (Fsp3) is 0.440. The molecule has 198 valence electrons. The first-order valence-electron chi connectivity index (χ1n) is 12.3. The maximum atomic E-state index is 13.2. The average molecular weight is 545 g/mol.